The quantitative estimate of drug-likeness (QED) is 0.585. The molecule has 0 amide bonds. The Morgan fingerprint density at radius 2 is 2.33 bits per heavy atom. The minimum Gasteiger partial charge on any atom is -0.391 e. The molecule has 2 N–H and O–H groups in total. The van der Waals surface area contributed by atoms with Crippen molar-refractivity contribution in [3.05, 3.63) is 11.8 Å². The van der Waals surface area contributed by atoms with Gasteiger partial charge in [0.15, 0.2) is 0 Å². The predicted molar refractivity (Wildman–Crippen MR) is 41.0 cm³/mol. The molecule has 0 fully saturated rings. The summed E-state index contributed by atoms with van der Waals surface area (Å²) < 4.78 is 0. The van der Waals surface area contributed by atoms with Gasteiger partial charge < -0.3 is 5.32 Å². The molecule has 9 heavy (non-hydrogen) atoms. The first-order chi connectivity index (χ1) is 4.18. The summed E-state index contributed by atoms with van der Waals surface area (Å²) in [5.41, 5.74) is 0.763. The van der Waals surface area contributed by atoms with Gasteiger partial charge in [-0.3, -0.25) is 5.41 Å². The maximum Gasteiger partial charge on any atom is 0.125 e. The molecular formula is C6H11ClN2. The molecule has 0 saturated carbocycles. The lowest BCUT2D eigenvalue weighted by Crippen LogP contribution is -2.04. The van der Waals surface area contributed by atoms with Crippen molar-refractivity contribution in [2.45, 2.75) is 13.8 Å². The van der Waals surface area contributed by atoms with Gasteiger partial charge in [0, 0.05) is 18.3 Å². The zero-order valence-electron chi connectivity index (χ0n) is 5.66. The minimum absolute atomic E-state index is 0.0935. The van der Waals surface area contributed by atoms with E-state index in [0.29, 0.717) is 0 Å². The molecule has 0 heterocycles. The zero-order chi connectivity index (χ0) is 7.28. The van der Waals surface area contributed by atoms with Gasteiger partial charge in [-0.15, -0.1) is 0 Å². The maximum atomic E-state index is 6.94. The molecule has 0 spiro atoms. The van der Waals surface area contributed by atoms with Crippen LogP contribution in [0.15, 0.2) is 11.8 Å². The van der Waals surface area contributed by atoms with E-state index in [2.05, 4.69) is 5.32 Å². The average Bonchev–Trinajstić information content (AvgIpc) is 1.82. The SMILES string of the molecule is CCN/C=C(/C)C(=N)Cl. The molecule has 0 radical (unpaired) electrons. The van der Waals surface area contributed by atoms with Gasteiger partial charge in [-0.25, -0.2) is 0 Å². The fourth-order valence-corrected chi connectivity index (χ4v) is 0.373. The van der Waals surface area contributed by atoms with Crippen molar-refractivity contribution in [3.63, 3.8) is 0 Å². The second-order valence-electron chi connectivity index (χ2n) is 1.70. The molecule has 0 unspecified atom stereocenters. The van der Waals surface area contributed by atoms with Crippen LogP contribution in [0.3, 0.4) is 0 Å². The van der Waals surface area contributed by atoms with E-state index in [4.69, 9.17) is 17.0 Å². The normalized spacial score (nSPS) is 11.2. The van der Waals surface area contributed by atoms with Crippen LogP contribution in [0.5, 0.6) is 0 Å². The standard InChI is InChI=1S/C6H11ClN2/c1-3-9-4-5(2)6(7)8/h4,8-9H,3H2,1-2H3/b5-4-,8-6?. The van der Waals surface area contributed by atoms with E-state index in [1.54, 1.807) is 13.1 Å². The van der Waals surface area contributed by atoms with Crippen molar-refractivity contribution < 1.29 is 0 Å². The molecule has 0 aliphatic rings. The Kier molecular flexibility index (Phi) is 4.14. The first kappa shape index (κ1) is 8.50. The first-order valence-electron chi connectivity index (χ1n) is 2.83. The smallest absolute Gasteiger partial charge is 0.125 e. The van der Waals surface area contributed by atoms with Crippen LogP contribution in [0.25, 0.3) is 0 Å². The molecular weight excluding hydrogens is 136 g/mol. The van der Waals surface area contributed by atoms with Crippen LogP contribution in [-0.2, 0) is 0 Å². The highest BCUT2D eigenvalue weighted by molar-refractivity contribution is 6.68. The second kappa shape index (κ2) is 4.39. The summed E-state index contributed by atoms with van der Waals surface area (Å²) in [6, 6.07) is 0. The van der Waals surface area contributed by atoms with E-state index in [1.807, 2.05) is 6.92 Å². The van der Waals surface area contributed by atoms with Crippen LogP contribution < -0.4 is 5.32 Å². The monoisotopic (exact) mass is 146 g/mol. The van der Waals surface area contributed by atoms with Crippen molar-refractivity contribution in [1.82, 2.24) is 5.32 Å². The van der Waals surface area contributed by atoms with Crippen LogP contribution in [-0.4, -0.2) is 11.7 Å². The third-order valence-electron chi connectivity index (χ3n) is 0.869. The molecule has 0 aromatic heterocycles. The van der Waals surface area contributed by atoms with Crippen molar-refractivity contribution in [1.29, 1.82) is 5.41 Å². The van der Waals surface area contributed by atoms with Crippen molar-refractivity contribution in [2.24, 2.45) is 0 Å². The molecule has 0 rings (SSSR count). The lowest BCUT2D eigenvalue weighted by Gasteiger charge is -1.95. The summed E-state index contributed by atoms with van der Waals surface area (Å²) >= 11 is 5.34. The Morgan fingerprint density at radius 3 is 2.67 bits per heavy atom. The third kappa shape index (κ3) is 4.03. The summed E-state index contributed by atoms with van der Waals surface area (Å²) in [5.74, 6) is 0. The largest absolute Gasteiger partial charge is 0.391 e. The Morgan fingerprint density at radius 1 is 1.78 bits per heavy atom. The van der Waals surface area contributed by atoms with Gasteiger partial charge in [-0.05, 0) is 13.8 Å². The van der Waals surface area contributed by atoms with Crippen molar-refractivity contribution in [3.8, 4) is 0 Å². The van der Waals surface area contributed by atoms with E-state index in [1.165, 1.54) is 0 Å². The average molecular weight is 147 g/mol. The van der Waals surface area contributed by atoms with Gasteiger partial charge in [0.2, 0.25) is 0 Å². The summed E-state index contributed by atoms with van der Waals surface area (Å²) in [7, 11) is 0. The molecule has 52 valence electrons. The summed E-state index contributed by atoms with van der Waals surface area (Å²) in [5, 5.41) is 9.97. The van der Waals surface area contributed by atoms with Crippen molar-refractivity contribution in [2.75, 3.05) is 6.54 Å². The van der Waals surface area contributed by atoms with Crippen molar-refractivity contribution >= 4 is 16.8 Å². The molecule has 0 aliphatic heterocycles. The number of hydrogen-bond acceptors (Lipinski definition) is 2. The Balaban J connectivity index is 3.69. The lowest BCUT2D eigenvalue weighted by atomic mass is 10.4. The van der Waals surface area contributed by atoms with Crippen LogP contribution in [0.4, 0.5) is 0 Å². The summed E-state index contributed by atoms with van der Waals surface area (Å²) in [4.78, 5) is 0. The van der Waals surface area contributed by atoms with Crippen LogP contribution in [0.1, 0.15) is 13.8 Å². The van der Waals surface area contributed by atoms with E-state index in [0.717, 1.165) is 12.1 Å². The van der Waals surface area contributed by atoms with Gasteiger partial charge >= 0.3 is 0 Å². The van der Waals surface area contributed by atoms with Gasteiger partial charge in [-0.1, -0.05) is 11.6 Å². The first-order valence-corrected chi connectivity index (χ1v) is 3.20. The zero-order valence-corrected chi connectivity index (χ0v) is 6.42. The van der Waals surface area contributed by atoms with Gasteiger partial charge in [0.05, 0.1) is 0 Å². The molecule has 0 aromatic carbocycles. The number of nitrogens with one attached hydrogen (secondary N) is 2. The molecule has 0 saturated heterocycles. The van der Waals surface area contributed by atoms with Crippen LogP contribution in [0.2, 0.25) is 0 Å². The minimum atomic E-state index is 0.0935. The molecule has 0 bridgehead atoms. The van der Waals surface area contributed by atoms with Crippen LogP contribution >= 0.6 is 11.6 Å². The summed E-state index contributed by atoms with van der Waals surface area (Å²) in [6.07, 6.45) is 1.73. The molecule has 2 nitrogen and oxygen atoms in total. The highest BCUT2D eigenvalue weighted by Crippen LogP contribution is 1.95. The Bertz CT molecular complexity index is 129. The van der Waals surface area contributed by atoms with Gasteiger partial charge in [0.25, 0.3) is 0 Å². The number of allylic oxidation sites excluding steroid dienone is 1. The topological polar surface area (TPSA) is 35.9 Å². The Hall–Kier alpha value is -0.500. The molecule has 0 aliphatic carbocycles. The lowest BCUT2D eigenvalue weighted by molar-refractivity contribution is 0.913. The van der Waals surface area contributed by atoms with Gasteiger partial charge in [0.1, 0.15) is 5.17 Å². The highest BCUT2D eigenvalue weighted by Gasteiger charge is 1.90. The van der Waals surface area contributed by atoms with E-state index in [-0.39, 0.29) is 5.17 Å². The van der Waals surface area contributed by atoms with Crippen LogP contribution in [0, 0.1) is 5.41 Å². The van der Waals surface area contributed by atoms with Gasteiger partial charge in [-0.2, -0.15) is 0 Å². The fraction of sp³-hybridized carbons (Fsp3) is 0.500. The number of rotatable bonds is 3. The molecule has 0 aromatic rings. The predicted octanol–water partition coefficient (Wildman–Crippen LogP) is 1.72. The highest BCUT2D eigenvalue weighted by atomic mass is 35.5. The summed E-state index contributed by atoms with van der Waals surface area (Å²) in [6.45, 7) is 4.64. The second-order valence-corrected chi connectivity index (χ2v) is 2.08. The molecule has 0 atom stereocenters. The third-order valence-corrected chi connectivity index (χ3v) is 1.17. The maximum absolute atomic E-state index is 6.94. The molecule has 3 heteroatoms. The van der Waals surface area contributed by atoms with E-state index in [9.17, 15) is 0 Å². The van der Waals surface area contributed by atoms with E-state index >= 15 is 0 Å². The number of halogens is 1. The number of hydrogen-bond donors (Lipinski definition) is 2. The Labute approximate surface area is 60.4 Å². The van der Waals surface area contributed by atoms with E-state index < -0.39 is 0 Å². The fourth-order valence-electron chi connectivity index (χ4n) is 0.319.